The summed E-state index contributed by atoms with van der Waals surface area (Å²) in [4.78, 5) is 37.0. The SMILES string of the molecule is COC(=O)[C@H](Cc1ccc(C(=O)c2ccccc2)cc1)NC(=O)c1cccc(F)c1F. The van der Waals surface area contributed by atoms with Crippen molar-refractivity contribution in [1.82, 2.24) is 5.32 Å². The molecule has 0 unspecified atom stereocenters. The predicted octanol–water partition coefficient (Wildman–Crippen LogP) is 3.71. The summed E-state index contributed by atoms with van der Waals surface area (Å²) in [6, 6.07) is 17.4. The van der Waals surface area contributed by atoms with E-state index in [9.17, 15) is 23.2 Å². The molecule has 0 spiro atoms. The number of rotatable bonds is 7. The number of amides is 1. The minimum atomic E-state index is -1.30. The number of carbonyl (C=O) groups excluding carboxylic acids is 3. The van der Waals surface area contributed by atoms with Gasteiger partial charge in [0.15, 0.2) is 17.4 Å². The number of benzene rings is 3. The Morgan fingerprint density at radius 2 is 1.52 bits per heavy atom. The summed E-state index contributed by atoms with van der Waals surface area (Å²) in [5.74, 6) is -4.29. The summed E-state index contributed by atoms with van der Waals surface area (Å²) in [5.41, 5.74) is 1.14. The topological polar surface area (TPSA) is 72.5 Å². The molecule has 1 amide bonds. The van der Waals surface area contributed by atoms with Crippen molar-refractivity contribution in [2.75, 3.05) is 7.11 Å². The number of halogens is 2. The standard InChI is InChI=1S/C24H19F2NO4/c1-31-24(30)20(27-23(29)18-8-5-9-19(25)21(18)26)14-15-10-12-17(13-11-15)22(28)16-6-3-2-4-7-16/h2-13,20H,14H2,1H3,(H,27,29)/t20-/m0/s1. The molecule has 0 aliphatic heterocycles. The second kappa shape index (κ2) is 9.75. The molecule has 0 aliphatic carbocycles. The fraction of sp³-hybridized carbons (Fsp3) is 0.125. The van der Waals surface area contributed by atoms with E-state index in [1.165, 1.54) is 6.07 Å². The fourth-order valence-electron chi connectivity index (χ4n) is 3.03. The van der Waals surface area contributed by atoms with Crippen molar-refractivity contribution >= 4 is 17.7 Å². The van der Waals surface area contributed by atoms with E-state index in [2.05, 4.69) is 5.32 Å². The van der Waals surface area contributed by atoms with Crippen LogP contribution >= 0.6 is 0 Å². The molecule has 3 aromatic rings. The molecular weight excluding hydrogens is 404 g/mol. The van der Waals surface area contributed by atoms with Gasteiger partial charge < -0.3 is 10.1 Å². The minimum Gasteiger partial charge on any atom is -0.467 e. The highest BCUT2D eigenvalue weighted by Gasteiger charge is 2.25. The van der Waals surface area contributed by atoms with Gasteiger partial charge in [0.05, 0.1) is 12.7 Å². The molecule has 3 rings (SSSR count). The Balaban J connectivity index is 1.75. The quantitative estimate of drug-likeness (QED) is 0.465. The van der Waals surface area contributed by atoms with E-state index < -0.39 is 35.1 Å². The van der Waals surface area contributed by atoms with Gasteiger partial charge in [0, 0.05) is 17.5 Å². The van der Waals surface area contributed by atoms with Gasteiger partial charge in [0.25, 0.3) is 5.91 Å². The maximum atomic E-state index is 13.9. The second-order valence-electron chi connectivity index (χ2n) is 6.75. The zero-order valence-corrected chi connectivity index (χ0v) is 16.6. The number of ether oxygens (including phenoxy) is 1. The fourth-order valence-corrected chi connectivity index (χ4v) is 3.03. The van der Waals surface area contributed by atoms with Crippen molar-refractivity contribution in [3.8, 4) is 0 Å². The Morgan fingerprint density at radius 3 is 2.16 bits per heavy atom. The number of carbonyl (C=O) groups is 3. The molecule has 0 aliphatic rings. The Bertz CT molecular complexity index is 1100. The van der Waals surface area contributed by atoms with Crippen LogP contribution in [-0.4, -0.2) is 30.8 Å². The number of nitrogens with one attached hydrogen (secondary N) is 1. The third kappa shape index (κ3) is 5.19. The van der Waals surface area contributed by atoms with Crippen LogP contribution in [0.1, 0.15) is 31.8 Å². The molecule has 0 aromatic heterocycles. The van der Waals surface area contributed by atoms with E-state index in [1.807, 2.05) is 6.07 Å². The highest BCUT2D eigenvalue weighted by molar-refractivity contribution is 6.08. The van der Waals surface area contributed by atoms with Crippen LogP contribution in [0.15, 0.2) is 72.8 Å². The Kier molecular flexibility index (Phi) is 6.87. The van der Waals surface area contributed by atoms with Gasteiger partial charge in [-0.1, -0.05) is 60.7 Å². The highest BCUT2D eigenvalue weighted by atomic mass is 19.2. The molecule has 7 heteroatoms. The molecule has 0 bridgehead atoms. The molecule has 158 valence electrons. The average molecular weight is 423 g/mol. The van der Waals surface area contributed by atoms with Crippen molar-refractivity contribution in [3.05, 3.63) is 107 Å². The third-order valence-corrected chi connectivity index (χ3v) is 4.68. The molecule has 31 heavy (non-hydrogen) atoms. The zero-order chi connectivity index (χ0) is 22.4. The number of ketones is 1. The van der Waals surface area contributed by atoms with Crippen molar-refractivity contribution in [1.29, 1.82) is 0 Å². The first-order chi connectivity index (χ1) is 14.9. The van der Waals surface area contributed by atoms with E-state index in [-0.39, 0.29) is 12.2 Å². The van der Waals surface area contributed by atoms with Gasteiger partial charge >= 0.3 is 5.97 Å². The maximum absolute atomic E-state index is 13.9. The number of esters is 1. The first kappa shape index (κ1) is 21.8. The van der Waals surface area contributed by atoms with E-state index in [1.54, 1.807) is 48.5 Å². The van der Waals surface area contributed by atoms with Gasteiger partial charge in [-0.05, 0) is 17.7 Å². The van der Waals surface area contributed by atoms with Crippen LogP contribution in [0.5, 0.6) is 0 Å². The first-order valence-electron chi connectivity index (χ1n) is 9.42. The Morgan fingerprint density at radius 1 is 0.871 bits per heavy atom. The maximum Gasteiger partial charge on any atom is 0.328 e. The summed E-state index contributed by atoms with van der Waals surface area (Å²) >= 11 is 0. The van der Waals surface area contributed by atoms with Gasteiger partial charge in [-0.3, -0.25) is 9.59 Å². The van der Waals surface area contributed by atoms with Crippen LogP contribution in [0.4, 0.5) is 8.78 Å². The van der Waals surface area contributed by atoms with Crippen LogP contribution in [0.2, 0.25) is 0 Å². The molecule has 5 nitrogen and oxygen atoms in total. The normalized spacial score (nSPS) is 11.5. The number of methoxy groups -OCH3 is 1. The first-order valence-corrected chi connectivity index (χ1v) is 9.42. The van der Waals surface area contributed by atoms with Crippen molar-refractivity contribution in [2.24, 2.45) is 0 Å². The van der Waals surface area contributed by atoms with Crippen LogP contribution in [0.25, 0.3) is 0 Å². The lowest BCUT2D eigenvalue weighted by Gasteiger charge is -2.17. The van der Waals surface area contributed by atoms with Gasteiger partial charge in [0.2, 0.25) is 0 Å². The van der Waals surface area contributed by atoms with Crippen molar-refractivity contribution < 1.29 is 27.9 Å². The molecular formula is C24H19F2NO4. The van der Waals surface area contributed by atoms with E-state index in [0.29, 0.717) is 16.7 Å². The molecule has 0 heterocycles. The van der Waals surface area contributed by atoms with E-state index >= 15 is 0 Å². The lowest BCUT2D eigenvalue weighted by atomic mass is 9.99. The van der Waals surface area contributed by atoms with Crippen LogP contribution in [0.3, 0.4) is 0 Å². The van der Waals surface area contributed by atoms with Crippen molar-refractivity contribution in [2.45, 2.75) is 12.5 Å². The summed E-state index contributed by atoms with van der Waals surface area (Å²) in [7, 11) is 1.16. The second-order valence-corrected chi connectivity index (χ2v) is 6.75. The summed E-state index contributed by atoms with van der Waals surface area (Å²) in [5, 5.41) is 2.38. The molecule has 0 fully saturated rings. The van der Waals surface area contributed by atoms with E-state index in [4.69, 9.17) is 4.74 Å². The van der Waals surface area contributed by atoms with Gasteiger partial charge in [0.1, 0.15) is 6.04 Å². The van der Waals surface area contributed by atoms with E-state index in [0.717, 1.165) is 19.2 Å². The van der Waals surface area contributed by atoms with Crippen LogP contribution in [-0.2, 0) is 16.0 Å². The Labute approximate surface area is 177 Å². The lowest BCUT2D eigenvalue weighted by molar-refractivity contribution is -0.142. The van der Waals surface area contributed by atoms with Crippen LogP contribution < -0.4 is 5.32 Å². The predicted molar refractivity (Wildman–Crippen MR) is 110 cm³/mol. The van der Waals surface area contributed by atoms with Gasteiger partial charge in [-0.25, -0.2) is 13.6 Å². The lowest BCUT2D eigenvalue weighted by Crippen LogP contribution is -2.43. The average Bonchev–Trinajstić information content (AvgIpc) is 2.80. The molecule has 3 aromatic carbocycles. The summed E-state index contributed by atoms with van der Waals surface area (Å²) in [6.45, 7) is 0. The molecule has 0 radical (unpaired) electrons. The minimum absolute atomic E-state index is 0.0369. The summed E-state index contributed by atoms with van der Waals surface area (Å²) in [6.07, 6.45) is 0.0369. The largest absolute Gasteiger partial charge is 0.467 e. The van der Waals surface area contributed by atoms with Gasteiger partial charge in [-0.15, -0.1) is 0 Å². The molecule has 0 saturated carbocycles. The highest BCUT2D eigenvalue weighted by Crippen LogP contribution is 2.15. The molecule has 1 N–H and O–H groups in total. The van der Waals surface area contributed by atoms with Crippen LogP contribution in [0, 0.1) is 11.6 Å². The van der Waals surface area contributed by atoms with Crippen molar-refractivity contribution in [3.63, 3.8) is 0 Å². The molecule has 1 atom stereocenters. The zero-order valence-electron chi connectivity index (χ0n) is 16.6. The summed E-state index contributed by atoms with van der Waals surface area (Å²) < 4.78 is 32.0. The Hall–Kier alpha value is -3.87. The number of hydrogen-bond donors (Lipinski definition) is 1. The smallest absolute Gasteiger partial charge is 0.328 e. The van der Waals surface area contributed by atoms with Gasteiger partial charge in [-0.2, -0.15) is 0 Å². The molecule has 0 saturated heterocycles. The number of hydrogen-bond acceptors (Lipinski definition) is 4. The third-order valence-electron chi connectivity index (χ3n) is 4.68. The monoisotopic (exact) mass is 423 g/mol.